The zero-order chi connectivity index (χ0) is 16.6. The average Bonchev–Trinajstić information content (AvgIpc) is 2.90. The Morgan fingerprint density at radius 1 is 1.17 bits per heavy atom. The van der Waals surface area contributed by atoms with Crippen molar-refractivity contribution < 1.29 is 9.53 Å². The van der Waals surface area contributed by atoms with Crippen LogP contribution in [0.1, 0.15) is 59.3 Å². The molecule has 3 rings (SSSR count). The first kappa shape index (κ1) is 16.7. The summed E-state index contributed by atoms with van der Waals surface area (Å²) in [4.78, 5) is 14.2. The van der Waals surface area contributed by atoms with Crippen LogP contribution < -0.4 is 0 Å². The van der Waals surface area contributed by atoms with Gasteiger partial charge in [-0.2, -0.15) is 0 Å². The molecule has 0 aromatic heterocycles. The Bertz CT molecular complexity index is 481. The first-order chi connectivity index (χ1) is 10.9. The summed E-state index contributed by atoms with van der Waals surface area (Å²) in [6.07, 6.45) is 13.1. The van der Waals surface area contributed by atoms with Crippen LogP contribution in [0.15, 0.2) is 0 Å². The van der Waals surface area contributed by atoms with Crippen molar-refractivity contribution in [3.05, 3.63) is 0 Å². The quantitative estimate of drug-likeness (QED) is 0.726. The zero-order valence-electron chi connectivity index (χ0n) is 14.9. The molecule has 3 aliphatic rings. The van der Waals surface area contributed by atoms with E-state index in [1.165, 1.54) is 25.7 Å². The van der Waals surface area contributed by atoms with Gasteiger partial charge in [-0.05, 0) is 56.8 Å². The lowest BCUT2D eigenvalue weighted by molar-refractivity contribution is 0.0286. The van der Waals surface area contributed by atoms with Crippen molar-refractivity contribution in [1.82, 2.24) is 4.90 Å². The number of hydrogen-bond donors (Lipinski definition) is 0. The largest absolute Gasteiger partial charge is 0.444 e. The molecule has 128 valence electrons. The van der Waals surface area contributed by atoms with Gasteiger partial charge >= 0.3 is 6.09 Å². The first-order valence-corrected chi connectivity index (χ1v) is 9.32. The molecule has 1 heterocycles. The molecule has 0 spiro atoms. The van der Waals surface area contributed by atoms with Crippen molar-refractivity contribution >= 4 is 6.09 Å². The average molecular weight is 317 g/mol. The van der Waals surface area contributed by atoms with Gasteiger partial charge < -0.3 is 9.64 Å². The number of hydrogen-bond acceptors (Lipinski definition) is 2. The fraction of sp³-hybridized carbons (Fsp3) is 0.850. The van der Waals surface area contributed by atoms with Crippen LogP contribution in [0.3, 0.4) is 0 Å². The molecule has 0 N–H and O–H groups in total. The van der Waals surface area contributed by atoms with Crippen molar-refractivity contribution in [2.75, 3.05) is 13.1 Å². The van der Waals surface area contributed by atoms with E-state index < -0.39 is 5.60 Å². The third-order valence-electron chi connectivity index (χ3n) is 6.01. The molecule has 23 heavy (non-hydrogen) atoms. The van der Waals surface area contributed by atoms with E-state index in [4.69, 9.17) is 11.2 Å². The summed E-state index contributed by atoms with van der Waals surface area (Å²) in [5.41, 5.74) is -0.410. The molecule has 4 unspecified atom stereocenters. The van der Waals surface area contributed by atoms with Crippen LogP contribution in [0.25, 0.3) is 0 Å². The summed E-state index contributed by atoms with van der Waals surface area (Å²) < 4.78 is 5.53. The van der Waals surface area contributed by atoms with Gasteiger partial charge in [-0.1, -0.05) is 25.7 Å². The second-order valence-corrected chi connectivity index (χ2v) is 8.75. The van der Waals surface area contributed by atoms with Gasteiger partial charge in [-0.3, -0.25) is 0 Å². The number of terminal acetylenes is 1. The lowest BCUT2D eigenvalue weighted by atomic mass is 9.94. The van der Waals surface area contributed by atoms with Crippen molar-refractivity contribution in [2.24, 2.45) is 29.6 Å². The molecule has 4 atom stereocenters. The predicted octanol–water partition coefficient (Wildman–Crippen LogP) is 4.32. The Kier molecular flexibility index (Phi) is 4.63. The minimum absolute atomic E-state index is 0.147. The first-order valence-electron chi connectivity index (χ1n) is 9.32. The summed E-state index contributed by atoms with van der Waals surface area (Å²) in [5.74, 6) is 6.72. The summed E-state index contributed by atoms with van der Waals surface area (Å²) in [6.45, 7) is 7.50. The minimum Gasteiger partial charge on any atom is -0.444 e. The van der Waals surface area contributed by atoms with E-state index in [2.05, 4.69) is 5.92 Å². The van der Waals surface area contributed by atoms with E-state index in [0.717, 1.165) is 43.7 Å². The molecule has 2 saturated carbocycles. The normalized spacial score (nSPS) is 34.4. The fourth-order valence-electron chi connectivity index (χ4n) is 5.10. The molecule has 1 saturated heterocycles. The summed E-state index contributed by atoms with van der Waals surface area (Å²) in [7, 11) is 0. The molecule has 3 heteroatoms. The fourth-order valence-corrected chi connectivity index (χ4v) is 5.10. The summed E-state index contributed by atoms with van der Waals surface area (Å²) in [5, 5.41) is 0. The maximum atomic E-state index is 12.3. The van der Waals surface area contributed by atoms with Gasteiger partial charge in [-0.15, -0.1) is 12.3 Å². The maximum Gasteiger partial charge on any atom is 0.410 e. The Morgan fingerprint density at radius 2 is 1.83 bits per heavy atom. The van der Waals surface area contributed by atoms with E-state index in [-0.39, 0.29) is 6.09 Å². The van der Waals surface area contributed by atoms with Gasteiger partial charge in [0.1, 0.15) is 5.60 Å². The number of carbonyl (C=O) groups is 1. The van der Waals surface area contributed by atoms with Crippen LogP contribution >= 0.6 is 0 Å². The van der Waals surface area contributed by atoms with Crippen molar-refractivity contribution in [1.29, 1.82) is 0 Å². The molecule has 1 aliphatic heterocycles. The van der Waals surface area contributed by atoms with Crippen LogP contribution in [-0.2, 0) is 4.74 Å². The van der Waals surface area contributed by atoms with Gasteiger partial charge in [0.2, 0.25) is 0 Å². The second-order valence-electron chi connectivity index (χ2n) is 8.75. The van der Waals surface area contributed by atoms with Crippen molar-refractivity contribution in [3.63, 3.8) is 0 Å². The molecule has 0 bridgehead atoms. The van der Waals surface area contributed by atoms with Crippen LogP contribution in [0.2, 0.25) is 0 Å². The monoisotopic (exact) mass is 317 g/mol. The molecular formula is C20H31NO2. The lowest BCUT2D eigenvalue weighted by Crippen LogP contribution is -2.35. The van der Waals surface area contributed by atoms with E-state index >= 15 is 0 Å². The molecular weight excluding hydrogens is 286 g/mol. The van der Waals surface area contributed by atoms with Crippen LogP contribution in [0.5, 0.6) is 0 Å². The van der Waals surface area contributed by atoms with Gasteiger partial charge in [0.15, 0.2) is 0 Å². The van der Waals surface area contributed by atoms with Crippen LogP contribution in [0, 0.1) is 41.9 Å². The number of rotatable bonds is 3. The van der Waals surface area contributed by atoms with Crippen molar-refractivity contribution in [2.45, 2.75) is 64.9 Å². The molecule has 0 aromatic carbocycles. The van der Waals surface area contributed by atoms with E-state index in [0.29, 0.717) is 11.8 Å². The SMILES string of the molecule is C#CCC1C(C2CCCC2)C1C1CCN(C(=O)OC(C)(C)C)C1. The standard InChI is InChI=1S/C20H31NO2/c1-5-8-16-17(14-9-6-7-10-14)18(16)15-11-12-21(13-15)19(22)23-20(2,3)4/h1,14-18H,6-13H2,2-4H3. The summed E-state index contributed by atoms with van der Waals surface area (Å²) >= 11 is 0. The maximum absolute atomic E-state index is 12.3. The molecule has 3 fully saturated rings. The van der Waals surface area contributed by atoms with Gasteiger partial charge in [0.25, 0.3) is 0 Å². The highest BCUT2D eigenvalue weighted by Gasteiger charge is 2.57. The molecule has 2 aliphatic carbocycles. The number of ether oxygens (including phenoxy) is 1. The molecule has 1 amide bonds. The van der Waals surface area contributed by atoms with Crippen LogP contribution in [0.4, 0.5) is 4.79 Å². The number of amides is 1. The molecule has 0 aromatic rings. The minimum atomic E-state index is -0.410. The Labute approximate surface area is 141 Å². The highest BCUT2D eigenvalue weighted by Crippen LogP contribution is 2.61. The second kappa shape index (κ2) is 6.38. The van der Waals surface area contributed by atoms with E-state index in [9.17, 15) is 4.79 Å². The summed E-state index contributed by atoms with van der Waals surface area (Å²) in [6, 6.07) is 0. The van der Waals surface area contributed by atoms with Gasteiger partial charge in [0.05, 0.1) is 0 Å². The Morgan fingerprint density at radius 3 is 2.43 bits per heavy atom. The number of nitrogens with zero attached hydrogens (tertiary/aromatic N) is 1. The lowest BCUT2D eigenvalue weighted by Gasteiger charge is -2.24. The third kappa shape index (κ3) is 3.67. The smallest absolute Gasteiger partial charge is 0.410 e. The molecule has 3 nitrogen and oxygen atoms in total. The van der Waals surface area contributed by atoms with Gasteiger partial charge in [-0.25, -0.2) is 4.79 Å². The molecule has 0 radical (unpaired) electrons. The Balaban J connectivity index is 1.57. The zero-order valence-corrected chi connectivity index (χ0v) is 14.9. The Hall–Kier alpha value is -1.17. The third-order valence-corrected chi connectivity index (χ3v) is 6.01. The van der Waals surface area contributed by atoms with Gasteiger partial charge in [0, 0.05) is 19.5 Å². The number of carbonyl (C=O) groups excluding carboxylic acids is 1. The number of likely N-dealkylation sites (tertiary alicyclic amines) is 1. The van der Waals surface area contributed by atoms with Crippen LogP contribution in [-0.4, -0.2) is 29.7 Å². The van der Waals surface area contributed by atoms with E-state index in [1.54, 1.807) is 0 Å². The highest BCUT2D eigenvalue weighted by molar-refractivity contribution is 5.68. The predicted molar refractivity (Wildman–Crippen MR) is 91.8 cm³/mol. The highest BCUT2D eigenvalue weighted by atomic mass is 16.6. The van der Waals surface area contributed by atoms with E-state index in [1.807, 2.05) is 25.7 Å². The topological polar surface area (TPSA) is 29.5 Å². The van der Waals surface area contributed by atoms with Crippen molar-refractivity contribution in [3.8, 4) is 12.3 Å².